The summed E-state index contributed by atoms with van der Waals surface area (Å²) in [6.45, 7) is 6.50. The number of hydrogen-bond donors (Lipinski definition) is 2. The van der Waals surface area contributed by atoms with Gasteiger partial charge < -0.3 is 5.73 Å². The van der Waals surface area contributed by atoms with E-state index in [2.05, 4.69) is 31.0 Å². The first-order valence-corrected chi connectivity index (χ1v) is 5.38. The molecule has 16 heavy (non-hydrogen) atoms. The van der Waals surface area contributed by atoms with Gasteiger partial charge in [0.1, 0.15) is 0 Å². The lowest BCUT2D eigenvalue weighted by atomic mass is 9.87. The summed E-state index contributed by atoms with van der Waals surface area (Å²) in [4.78, 5) is 0. The van der Waals surface area contributed by atoms with Crippen LogP contribution in [0.4, 0.5) is 5.69 Å². The van der Waals surface area contributed by atoms with Gasteiger partial charge in [0, 0.05) is 22.4 Å². The van der Waals surface area contributed by atoms with E-state index in [0.29, 0.717) is 0 Å². The molecular weight excluding hydrogens is 198 g/mol. The van der Waals surface area contributed by atoms with Crippen molar-refractivity contribution in [2.45, 2.75) is 26.2 Å². The molecule has 3 nitrogen and oxygen atoms in total. The summed E-state index contributed by atoms with van der Waals surface area (Å²) in [6, 6.07) is 7.87. The number of nitrogens with one attached hydrogen (secondary N) is 1. The summed E-state index contributed by atoms with van der Waals surface area (Å²) in [5.74, 6) is 0. The van der Waals surface area contributed by atoms with Crippen molar-refractivity contribution < 1.29 is 0 Å². The standard InChI is InChI=1S/C13H17N3/c1-13(2,3)12-11(8-15-16-12)9-4-6-10(14)7-5-9/h4-8H,14H2,1-3H3,(H,15,16). The average molecular weight is 215 g/mol. The SMILES string of the molecule is CC(C)(C)c1[nH]ncc1-c1ccc(N)cc1. The maximum absolute atomic E-state index is 5.68. The molecule has 84 valence electrons. The Morgan fingerprint density at radius 2 is 1.75 bits per heavy atom. The van der Waals surface area contributed by atoms with Crippen molar-refractivity contribution in [3.63, 3.8) is 0 Å². The van der Waals surface area contributed by atoms with Gasteiger partial charge in [-0.3, -0.25) is 5.10 Å². The van der Waals surface area contributed by atoms with Crippen LogP contribution in [-0.4, -0.2) is 10.2 Å². The Bertz CT molecular complexity index is 475. The minimum atomic E-state index is 0.0627. The van der Waals surface area contributed by atoms with Gasteiger partial charge in [0.25, 0.3) is 0 Å². The monoisotopic (exact) mass is 215 g/mol. The molecule has 0 amide bonds. The first-order chi connectivity index (χ1) is 7.48. The van der Waals surface area contributed by atoms with Crippen molar-refractivity contribution in [1.29, 1.82) is 0 Å². The van der Waals surface area contributed by atoms with E-state index in [0.717, 1.165) is 22.5 Å². The Kier molecular flexibility index (Phi) is 2.46. The number of rotatable bonds is 1. The zero-order valence-corrected chi connectivity index (χ0v) is 9.91. The van der Waals surface area contributed by atoms with Gasteiger partial charge in [-0.15, -0.1) is 0 Å². The summed E-state index contributed by atoms with van der Waals surface area (Å²) in [5, 5.41) is 7.21. The maximum Gasteiger partial charge on any atom is 0.0568 e. The molecule has 3 heteroatoms. The highest BCUT2D eigenvalue weighted by atomic mass is 15.1. The Morgan fingerprint density at radius 1 is 1.12 bits per heavy atom. The van der Waals surface area contributed by atoms with E-state index in [4.69, 9.17) is 5.73 Å². The van der Waals surface area contributed by atoms with Gasteiger partial charge in [0.15, 0.2) is 0 Å². The molecule has 0 aliphatic rings. The highest BCUT2D eigenvalue weighted by Gasteiger charge is 2.20. The Hall–Kier alpha value is -1.77. The second-order valence-electron chi connectivity index (χ2n) is 5.03. The number of anilines is 1. The van der Waals surface area contributed by atoms with E-state index < -0.39 is 0 Å². The second-order valence-corrected chi connectivity index (χ2v) is 5.03. The van der Waals surface area contributed by atoms with Crippen LogP contribution < -0.4 is 5.73 Å². The van der Waals surface area contributed by atoms with Crippen LogP contribution in [0.15, 0.2) is 30.5 Å². The van der Waals surface area contributed by atoms with Gasteiger partial charge in [-0.1, -0.05) is 32.9 Å². The normalized spacial score (nSPS) is 11.7. The zero-order valence-electron chi connectivity index (χ0n) is 9.91. The van der Waals surface area contributed by atoms with Crippen molar-refractivity contribution in [2.75, 3.05) is 5.73 Å². The zero-order chi connectivity index (χ0) is 11.8. The lowest BCUT2D eigenvalue weighted by Gasteiger charge is -2.18. The third kappa shape index (κ3) is 1.94. The predicted octanol–water partition coefficient (Wildman–Crippen LogP) is 2.96. The molecule has 2 rings (SSSR count). The molecule has 1 aromatic carbocycles. The van der Waals surface area contributed by atoms with Gasteiger partial charge in [0.05, 0.1) is 6.20 Å². The number of H-pyrrole nitrogens is 1. The first-order valence-electron chi connectivity index (χ1n) is 5.38. The average Bonchev–Trinajstić information content (AvgIpc) is 2.66. The van der Waals surface area contributed by atoms with E-state index >= 15 is 0 Å². The van der Waals surface area contributed by atoms with Crippen LogP contribution in [-0.2, 0) is 5.41 Å². The third-order valence-electron chi connectivity index (χ3n) is 2.61. The molecule has 0 saturated carbocycles. The van der Waals surface area contributed by atoms with E-state index in [1.807, 2.05) is 30.5 Å². The van der Waals surface area contributed by atoms with E-state index in [9.17, 15) is 0 Å². The minimum Gasteiger partial charge on any atom is -0.399 e. The van der Waals surface area contributed by atoms with Gasteiger partial charge in [-0.25, -0.2) is 0 Å². The minimum absolute atomic E-state index is 0.0627. The highest BCUT2D eigenvalue weighted by molar-refractivity contribution is 5.68. The van der Waals surface area contributed by atoms with E-state index in [-0.39, 0.29) is 5.41 Å². The molecule has 0 atom stereocenters. The third-order valence-corrected chi connectivity index (χ3v) is 2.61. The number of nitrogen functional groups attached to an aromatic ring is 1. The van der Waals surface area contributed by atoms with Crippen LogP contribution in [0.1, 0.15) is 26.5 Å². The van der Waals surface area contributed by atoms with Gasteiger partial charge >= 0.3 is 0 Å². The molecule has 0 unspecified atom stereocenters. The van der Waals surface area contributed by atoms with E-state index in [1.54, 1.807) is 0 Å². The van der Waals surface area contributed by atoms with Crippen LogP contribution in [0.5, 0.6) is 0 Å². The van der Waals surface area contributed by atoms with Crippen LogP contribution in [0.25, 0.3) is 11.1 Å². The molecule has 0 saturated heterocycles. The highest BCUT2D eigenvalue weighted by Crippen LogP contribution is 2.31. The van der Waals surface area contributed by atoms with Crippen molar-refractivity contribution in [2.24, 2.45) is 0 Å². The molecule has 0 radical (unpaired) electrons. The number of benzene rings is 1. The number of aromatic amines is 1. The number of aromatic nitrogens is 2. The molecule has 1 heterocycles. The smallest absolute Gasteiger partial charge is 0.0568 e. The van der Waals surface area contributed by atoms with Gasteiger partial charge in [0.2, 0.25) is 0 Å². The molecule has 0 bridgehead atoms. The fraction of sp³-hybridized carbons (Fsp3) is 0.308. The van der Waals surface area contributed by atoms with Crippen LogP contribution in [0.2, 0.25) is 0 Å². The van der Waals surface area contributed by atoms with Crippen molar-refractivity contribution >= 4 is 5.69 Å². The summed E-state index contributed by atoms with van der Waals surface area (Å²) < 4.78 is 0. The first kappa shape index (κ1) is 10.7. The lowest BCUT2D eigenvalue weighted by Crippen LogP contribution is -2.13. The maximum atomic E-state index is 5.68. The summed E-state index contributed by atoms with van der Waals surface area (Å²) in [7, 11) is 0. The number of nitrogens with two attached hydrogens (primary N) is 1. The molecule has 0 spiro atoms. The fourth-order valence-electron chi connectivity index (χ4n) is 1.74. The van der Waals surface area contributed by atoms with Gasteiger partial charge in [-0.2, -0.15) is 5.10 Å². The summed E-state index contributed by atoms with van der Waals surface area (Å²) in [6.07, 6.45) is 1.87. The Morgan fingerprint density at radius 3 is 2.31 bits per heavy atom. The largest absolute Gasteiger partial charge is 0.399 e. The summed E-state index contributed by atoms with van der Waals surface area (Å²) in [5.41, 5.74) is 9.97. The van der Waals surface area contributed by atoms with Crippen LogP contribution >= 0.6 is 0 Å². The molecule has 1 aromatic heterocycles. The molecule has 0 fully saturated rings. The Balaban J connectivity index is 2.49. The fourth-order valence-corrected chi connectivity index (χ4v) is 1.74. The topological polar surface area (TPSA) is 54.7 Å². The number of nitrogens with zero attached hydrogens (tertiary/aromatic N) is 1. The van der Waals surface area contributed by atoms with Crippen molar-refractivity contribution in [3.05, 3.63) is 36.2 Å². The summed E-state index contributed by atoms with van der Waals surface area (Å²) >= 11 is 0. The molecule has 2 aromatic rings. The predicted molar refractivity (Wildman–Crippen MR) is 67.1 cm³/mol. The molecule has 0 aliphatic carbocycles. The van der Waals surface area contributed by atoms with Gasteiger partial charge in [-0.05, 0) is 17.7 Å². The molecular formula is C13H17N3. The Labute approximate surface area is 95.7 Å². The lowest BCUT2D eigenvalue weighted by molar-refractivity contribution is 0.568. The molecule has 0 aliphatic heterocycles. The van der Waals surface area contributed by atoms with Crippen molar-refractivity contribution in [1.82, 2.24) is 10.2 Å². The second kappa shape index (κ2) is 3.67. The quantitative estimate of drug-likeness (QED) is 0.718. The number of hydrogen-bond acceptors (Lipinski definition) is 2. The molecule has 3 N–H and O–H groups in total. The van der Waals surface area contributed by atoms with Crippen molar-refractivity contribution in [3.8, 4) is 11.1 Å². The van der Waals surface area contributed by atoms with Crippen LogP contribution in [0.3, 0.4) is 0 Å². The van der Waals surface area contributed by atoms with Crippen LogP contribution in [0, 0.1) is 0 Å². The van der Waals surface area contributed by atoms with E-state index in [1.165, 1.54) is 0 Å².